The van der Waals surface area contributed by atoms with Gasteiger partial charge in [-0.1, -0.05) is 12.1 Å². The summed E-state index contributed by atoms with van der Waals surface area (Å²) in [5.41, 5.74) is 4.52. The van der Waals surface area contributed by atoms with Gasteiger partial charge in [0.25, 0.3) is 0 Å². The van der Waals surface area contributed by atoms with Crippen molar-refractivity contribution in [1.82, 2.24) is 0 Å². The van der Waals surface area contributed by atoms with Crippen LogP contribution < -0.4 is 11.1 Å². The van der Waals surface area contributed by atoms with Crippen molar-refractivity contribution in [3.05, 3.63) is 24.3 Å². The fourth-order valence-corrected chi connectivity index (χ4v) is 1.47. The molecule has 15 heavy (non-hydrogen) atoms. The SMILES string of the molecule is Nc1ccccc1NC1(C(F)(F)F)CC1. The summed E-state index contributed by atoms with van der Waals surface area (Å²) < 4.78 is 37.8. The summed E-state index contributed by atoms with van der Waals surface area (Å²) in [6.07, 6.45) is -3.98. The Morgan fingerprint density at radius 1 is 1.20 bits per heavy atom. The van der Waals surface area contributed by atoms with Crippen LogP contribution >= 0.6 is 0 Å². The quantitative estimate of drug-likeness (QED) is 0.746. The third-order valence-electron chi connectivity index (χ3n) is 2.63. The molecule has 1 saturated carbocycles. The highest BCUT2D eigenvalue weighted by Crippen LogP contribution is 2.51. The lowest BCUT2D eigenvalue weighted by Crippen LogP contribution is -2.38. The van der Waals surface area contributed by atoms with E-state index in [2.05, 4.69) is 5.32 Å². The largest absolute Gasteiger partial charge is 0.411 e. The number of nitrogens with one attached hydrogen (secondary N) is 1. The molecule has 0 radical (unpaired) electrons. The zero-order chi connectivity index (χ0) is 11.1. The Labute approximate surface area is 85.3 Å². The van der Waals surface area contributed by atoms with Crippen molar-refractivity contribution >= 4 is 11.4 Å². The summed E-state index contributed by atoms with van der Waals surface area (Å²) in [7, 11) is 0. The van der Waals surface area contributed by atoms with Gasteiger partial charge in [-0.05, 0) is 25.0 Å². The standard InChI is InChI=1S/C10H11F3N2/c11-10(12,13)9(5-6-9)15-8-4-2-1-3-7(8)14/h1-4,15H,5-6,14H2. The molecule has 1 aliphatic rings. The molecule has 0 spiro atoms. The van der Waals surface area contributed by atoms with Crippen LogP contribution in [0.2, 0.25) is 0 Å². The number of benzene rings is 1. The number of hydrogen-bond donors (Lipinski definition) is 2. The highest BCUT2D eigenvalue weighted by atomic mass is 19.4. The smallest absolute Gasteiger partial charge is 0.397 e. The van der Waals surface area contributed by atoms with Crippen molar-refractivity contribution < 1.29 is 13.2 Å². The van der Waals surface area contributed by atoms with E-state index < -0.39 is 11.7 Å². The molecular weight excluding hydrogens is 205 g/mol. The Hall–Kier alpha value is -1.39. The molecule has 0 bridgehead atoms. The van der Waals surface area contributed by atoms with Gasteiger partial charge in [0.15, 0.2) is 0 Å². The number of rotatable bonds is 2. The topological polar surface area (TPSA) is 38.0 Å². The molecular formula is C10H11F3N2. The van der Waals surface area contributed by atoms with Crippen LogP contribution in [0.25, 0.3) is 0 Å². The number of nitrogens with two attached hydrogens (primary N) is 1. The summed E-state index contributed by atoms with van der Waals surface area (Å²) in [6.45, 7) is 0. The highest BCUT2D eigenvalue weighted by Gasteiger charge is 2.63. The van der Waals surface area contributed by atoms with E-state index in [0.717, 1.165) is 0 Å². The van der Waals surface area contributed by atoms with Crippen molar-refractivity contribution in [3.63, 3.8) is 0 Å². The van der Waals surface area contributed by atoms with Gasteiger partial charge in [0.2, 0.25) is 0 Å². The molecule has 0 aliphatic heterocycles. The summed E-state index contributed by atoms with van der Waals surface area (Å²) in [6, 6.07) is 6.48. The second-order valence-corrected chi connectivity index (χ2v) is 3.79. The molecule has 5 heteroatoms. The minimum Gasteiger partial charge on any atom is -0.397 e. The first kappa shape index (κ1) is 10.1. The third kappa shape index (κ3) is 1.73. The van der Waals surface area contributed by atoms with Gasteiger partial charge >= 0.3 is 6.18 Å². The second-order valence-electron chi connectivity index (χ2n) is 3.79. The van der Waals surface area contributed by atoms with Gasteiger partial charge in [-0.15, -0.1) is 0 Å². The number of alkyl halides is 3. The lowest BCUT2D eigenvalue weighted by atomic mass is 10.2. The zero-order valence-electron chi connectivity index (χ0n) is 7.93. The normalized spacial score (nSPS) is 18.6. The van der Waals surface area contributed by atoms with Crippen molar-refractivity contribution in [3.8, 4) is 0 Å². The first-order valence-electron chi connectivity index (χ1n) is 4.64. The van der Waals surface area contributed by atoms with E-state index in [4.69, 9.17) is 5.73 Å². The fourth-order valence-electron chi connectivity index (χ4n) is 1.47. The summed E-state index contributed by atoms with van der Waals surface area (Å²) in [5.74, 6) is 0. The van der Waals surface area contributed by atoms with E-state index in [1.54, 1.807) is 24.3 Å². The Balaban J connectivity index is 2.20. The summed E-state index contributed by atoms with van der Waals surface area (Å²) >= 11 is 0. The van der Waals surface area contributed by atoms with Crippen molar-refractivity contribution in [2.45, 2.75) is 24.6 Å². The molecule has 0 heterocycles. The summed E-state index contributed by atoms with van der Waals surface area (Å²) in [5, 5.41) is 2.49. The number of hydrogen-bond acceptors (Lipinski definition) is 2. The lowest BCUT2D eigenvalue weighted by molar-refractivity contribution is -0.151. The van der Waals surface area contributed by atoms with E-state index in [9.17, 15) is 13.2 Å². The molecule has 0 unspecified atom stereocenters. The zero-order valence-corrected chi connectivity index (χ0v) is 7.93. The van der Waals surface area contributed by atoms with E-state index in [-0.39, 0.29) is 12.8 Å². The average Bonchev–Trinajstić information content (AvgIpc) is 2.89. The molecule has 0 atom stereocenters. The second kappa shape index (κ2) is 3.05. The third-order valence-corrected chi connectivity index (χ3v) is 2.63. The Morgan fingerprint density at radius 3 is 2.27 bits per heavy atom. The minimum atomic E-state index is -4.21. The maximum Gasteiger partial charge on any atom is 0.411 e. The van der Waals surface area contributed by atoms with Crippen LogP contribution in [0.5, 0.6) is 0 Å². The maximum atomic E-state index is 12.6. The number of nitrogen functional groups attached to an aromatic ring is 1. The molecule has 1 aliphatic carbocycles. The molecule has 0 aromatic heterocycles. The maximum absolute atomic E-state index is 12.6. The molecule has 1 aromatic carbocycles. The molecule has 0 saturated heterocycles. The Bertz CT molecular complexity index is 369. The van der Waals surface area contributed by atoms with Crippen LogP contribution in [0.1, 0.15) is 12.8 Å². The van der Waals surface area contributed by atoms with Gasteiger partial charge in [0.05, 0.1) is 11.4 Å². The monoisotopic (exact) mass is 216 g/mol. The van der Waals surface area contributed by atoms with E-state index in [1.165, 1.54) is 0 Å². The van der Waals surface area contributed by atoms with Gasteiger partial charge in [-0.25, -0.2) is 0 Å². The van der Waals surface area contributed by atoms with Crippen molar-refractivity contribution in [1.29, 1.82) is 0 Å². The van der Waals surface area contributed by atoms with E-state index >= 15 is 0 Å². The summed E-state index contributed by atoms with van der Waals surface area (Å²) in [4.78, 5) is 0. The minimum absolute atomic E-state index is 0.116. The van der Waals surface area contributed by atoms with Gasteiger partial charge < -0.3 is 11.1 Å². The Morgan fingerprint density at radius 2 is 1.80 bits per heavy atom. The number of anilines is 2. The first-order chi connectivity index (χ1) is 6.95. The van der Waals surface area contributed by atoms with Crippen molar-refractivity contribution in [2.75, 3.05) is 11.1 Å². The van der Waals surface area contributed by atoms with Gasteiger partial charge in [0.1, 0.15) is 5.54 Å². The Kier molecular flexibility index (Phi) is 2.06. The van der Waals surface area contributed by atoms with Gasteiger partial charge in [-0.3, -0.25) is 0 Å². The molecule has 1 fully saturated rings. The fraction of sp³-hybridized carbons (Fsp3) is 0.400. The molecule has 82 valence electrons. The van der Waals surface area contributed by atoms with Crippen LogP contribution in [-0.2, 0) is 0 Å². The van der Waals surface area contributed by atoms with Crippen molar-refractivity contribution in [2.24, 2.45) is 0 Å². The van der Waals surface area contributed by atoms with Crippen LogP contribution in [-0.4, -0.2) is 11.7 Å². The lowest BCUT2D eigenvalue weighted by Gasteiger charge is -2.22. The van der Waals surface area contributed by atoms with Crippen LogP contribution in [0.15, 0.2) is 24.3 Å². The molecule has 0 amide bonds. The van der Waals surface area contributed by atoms with Crippen LogP contribution in [0.3, 0.4) is 0 Å². The molecule has 2 rings (SSSR count). The first-order valence-corrected chi connectivity index (χ1v) is 4.64. The molecule has 3 N–H and O–H groups in total. The molecule has 1 aromatic rings. The predicted octanol–water partition coefficient (Wildman–Crippen LogP) is 2.78. The average molecular weight is 216 g/mol. The predicted molar refractivity (Wildman–Crippen MR) is 52.5 cm³/mol. The van der Waals surface area contributed by atoms with Crippen LogP contribution in [0.4, 0.5) is 24.5 Å². The van der Waals surface area contributed by atoms with Gasteiger partial charge in [0, 0.05) is 0 Å². The number of halogens is 3. The number of para-hydroxylation sites is 2. The highest BCUT2D eigenvalue weighted by molar-refractivity contribution is 5.67. The van der Waals surface area contributed by atoms with Crippen LogP contribution in [0, 0.1) is 0 Å². The van der Waals surface area contributed by atoms with Gasteiger partial charge in [-0.2, -0.15) is 13.2 Å². The van der Waals surface area contributed by atoms with E-state index in [1.807, 2.05) is 0 Å². The molecule has 2 nitrogen and oxygen atoms in total. The van der Waals surface area contributed by atoms with E-state index in [0.29, 0.717) is 11.4 Å².